The second-order valence-electron chi connectivity index (χ2n) is 3.94. The molecule has 0 spiro atoms. The smallest absolute Gasteiger partial charge is 0.305 e. The van der Waals surface area contributed by atoms with Crippen molar-refractivity contribution in [3.63, 3.8) is 0 Å². The van der Waals surface area contributed by atoms with Crippen LogP contribution in [0.1, 0.15) is 26.7 Å². The van der Waals surface area contributed by atoms with Crippen molar-refractivity contribution < 1.29 is 14.7 Å². The van der Waals surface area contributed by atoms with Crippen LogP contribution in [-0.4, -0.2) is 41.5 Å². The van der Waals surface area contributed by atoms with Gasteiger partial charge in [-0.15, -0.1) is 0 Å². The molecule has 5 nitrogen and oxygen atoms in total. The third-order valence-corrected chi connectivity index (χ3v) is 2.37. The number of aliphatic carboxylic acids is 1. The molecule has 0 aliphatic heterocycles. The number of hydrogen-bond acceptors (Lipinski definition) is 3. The average Bonchev–Trinajstić information content (AvgIpc) is 2.15. The highest BCUT2D eigenvalue weighted by atomic mass is 16.4. The number of likely N-dealkylation sites (N-methyl/N-ethyl adjacent to an activating group) is 1. The summed E-state index contributed by atoms with van der Waals surface area (Å²) in [6.45, 7) is 4.69. The van der Waals surface area contributed by atoms with E-state index >= 15 is 0 Å². The molecule has 0 rings (SSSR count). The summed E-state index contributed by atoms with van der Waals surface area (Å²) >= 11 is 0. The average molecular weight is 216 g/mol. The molecule has 0 bridgehead atoms. The van der Waals surface area contributed by atoms with E-state index in [1.54, 1.807) is 7.05 Å². The van der Waals surface area contributed by atoms with Crippen LogP contribution in [0.5, 0.6) is 0 Å². The first-order valence-corrected chi connectivity index (χ1v) is 5.10. The Kier molecular flexibility index (Phi) is 5.93. The van der Waals surface area contributed by atoms with Gasteiger partial charge in [-0.25, -0.2) is 0 Å². The Balaban J connectivity index is 4.13. The molecule has 1 amide bonds. The number of carbonyl (C=O) groups is 2. The second kappa shape index (κ2) is 6.40. The first kappa shape index (κ1) is 13.9. The Labute approximate surface area is 90.2 Å². The second-order valence-corrected chi connectivity index (χ2v) is 3.94. The molecule has 2 atom stereocenters. The number of nitrogens with zero attached hydrogens (tertiary/aromatic N) is 1. The van der Waals surface area contributed by atoms with Gasteiger partial charge >= 0.3 is 5.97 Å². The van der Waals surface area contributed by atoms with E-state index in [0.29, 0.717) is 12.5 Å². The van der Waals surface area contributed by atoms with Crippen molar-refractivity contribution in [3.05, 3.63) is 0 Å². The van der Waals surface area contributed by atoms with Crippen LogP contribution in [0.15, 0.2) is 0 Å². The van der Waals surface area contributed by atoms with Crippen LogP contribution in [0.3, 0.4) is 0 Å². The standard InChI is InChI=1S/C10H20N2O3/c1-4-7(2)6-12(3)10(15)8(11)5-9(13)14/h7-8H,4-6,11H2,1-3H3,(H,13,14). The SMILES string of the molecule is CCC(C)CN(C)C(=O)C(N)CC(=O)O. The summed E-state index contributed by atoms with van der Waals surface area (Å²) in [5.41, 5.74) is 5.46. The normalized spacial score (nSPS) is 14.4. The van der Waals surface area contributed by atoms with E-state index in [9.17, 15) is 9.59 Å². The third kappa shape index (κ3) is 5.37. The maximum absolute atomic E-state index is 11.6. The lowest BCUT2D eigenvalue weighted by Crippen LogP contribution is -2.44. The van der Waals surface area contributed by atoms with Gasteiger partial charge in [0.2, 0.25) is 5.91 Å². The van der Waals surface area contributed by atoms with E-state index in [-0.39, 0.29) is 12.3 Å². The van der Waals surface area contributed by atoms with Crippen molar-refractivity contribution >= 4 is 11.9 Å². The van der Waals surface area contributed by atoms with Crippen molar-refractivity contribution in [2.75, 3.05) is 13.6 Å². The third-order valence-electron chi connectivity index (χ3n) is 2.37. The Morgan fingerprint density at radius 2 is 2.00 bits per heavy atom. The lowest BCUT2D eigenvalue weighted by molar-refractivity contribution is -0.141. The first-order valence-electron chi connectivity index (χ1n) is 5.10. The Morgan fingerprint density at radius 3 is 2.40 bits per heavy atom. The minimum atomic E-state index is -1.05. The van der Waals surface area contributed by atoms with Gasteiger partial charge in [0, 0.05) is 13.6 Å². The number of carbonyl (C=O) groups excluding carboxylic acids is 1. The molecule has 5 heteroatoms. The number of nitrogens with two attached hydrogens (primary N) is 1. The van der Waals surface area contributed by atoms with Crippen molar-refractivity contribution in [2.45, 2.75) is 32.7 Å². The van der Waals surface area contributed by atoms with Gasteiger partial charge in [0.05, 0.1) is 12.5 Å². The van der Waals surface area contributed by atoms with Crippen LogP contribution in [0.2, 0.25) is 0 Å². The molecule has 3 N–H and O–H groups in total. The monoisotopic (exact) mass is 216 g/mol. The molecule has 0 aromatic heterocycles. The van der Waals surface area contributed by atoms with Crippen LogP contribution in [0.4, 0.5) is 0 Å². The van der Waals surface area contributed by atoms with Crippen LogP contribution < -0.4 is 5.73 Å². The Morgan fingerprint density at radius 1 is 1.47 bits per heavy atom. The molecule has 0 aliphatic rings. The van der Waals surface area contributed by atoms with Crippen molar-refractivity contribution in [3.8, 4) is 0 Å². The molecule has 0 aromatic carbocycles. The van der Waals surface area contributed by atoms with Gasteiger partial charge in [-0.05, 0) is 5.92 Å². The highest BCUT2D eigenvalue weighted by molar-refractivity contribution is 5.85. The Hall–Kier alpha value is -1.10. The molecule has 0 saturated carbocycles. The molecule has 88 valence electrons. The molecule has 0 fully saturated rings. The van der Waals surface area contributed by atoms with E-state index < -0.39 is 12.0 Å². The predicted molar refractivity (Wildman–Crippen MR) is 57.3 cm³/mol. The van der Waals surface area contributed by atoms with E-state index in [4.69, 9.17) is 10.8 Å². The van der Waals surface area contributed by atoms with Gasteiger partial charge in [0.1, 0.15) is 0 Å². The highest BCUT2D eigenvalue weighted by Crippen LogP contribution is 2.04. The highest BCUT2D eigenvalue weighted by Gasteiger charge is 2.21. The summed E-state index contributed by atoms with van der Waals surface area (Å²) in [6.07, 6.45) is 0.662. The maximum atomic E-state index is 11.6. The van der Waals surface area contributed by atoms with Gasteiger partial charge in [-0.2, -0.15) is 0 Å². The molecule has 0 saturated heterocycles. The van der Waals surface area contributed by atoms with Gasteiger partial charge < -0.3 is 15.7 Å². The zero-order valence-electron chi connectivity index (χ0n) is 9.56. The Bertz CT molecular complexity index is 231. The van der Waals surface area contributed by atoms with Crippen molar-refractivity contribution in [2.24, 2.45) is 11.7 Å². The van der Waals surface area contributed by atoms with E-state index in [1.807, 2.05) is 13.8 Å². The number of carboxylic acids is 1. The zero-order valence-corrected chi connectivity index (χ0v) is 9.56. The number of rotatable bonds is 6. The fourth-order valence-electron chi connectivity index (χ4n) is 1.25. The van der Waals surface area contributed by atoms with E-state index in [0.717, 1.165) is 6.42 Å². The fourth-order valence-corrected chi connectivity index (χ4v) is 1.25. The topological polar surface area (TPSA) is 83.6 Å². The fraction of sp³-hybridized carbons (Fsp3) is 0.800. The summed E-state index contributed by atoms with van der Waals surface area (Å²) < 4.78 is 0. The summed E-state index contributed by atoms with van der Waals surface area (Å²) in [4.78, 5) is 23.4. The molecular formula is C10H20N2O3. The molecular weight excluding hydrogens is 196 g/mol. The van der Waals surface area contributed by atoms with Crippen molar-refractivity contribution in [1.82, 2.24) is 4.90 Å². The minimum Gasteiger partial charge on any atom is -0.481 e. The van der Waals surface area contributed by atoms with Crippen LogP contribution in [0, 0.1) is 5.92 Å². The van der Waals surface area contributed by atoms with E-state index in [2.05, 4.69) is 0 Å². The minimum absolute atomic E-state index is 0.308. The molecule has 0 radical (unpaired) electrons. The zero-order chi connectivity index (χ0) is 12.0. The number of hydrogen-bond donors (Lipinski definition) is 2. The van der Waals surface area contributed by atoms with Crippen LogP contribution in [0.25, 0.3) is 0 Å². The largest absolute Gasteiger partial charge is 0.481 e. The van der Waals surface area contributed by atoms with Gasteiger partial charge in [-0.3, -0.25) is 9.59 Å². The maximum Gasteiger partial charge on any atom is 0.305 e. The van der Waals surface area contributed by atoms with Gasteiger partial charge in [-0.1, -0.05) is 20.3 Å². The molecule has 0 aromatic rings. The summed E-state index contributed by atoms with van der Waals surface area (Å²) in [6, 6.07) is -0.934. The molecule has 0 heterocycles. The molecule has 2 unspecified atom stereocenters. The van der Waals surface area contributed by atoms with E-state index in [1.165, 1.54) is 4.90 Å². The quantitative estimate of drug-likeness (QED) is 0.668. The summed E-state index contributed by atoms with van der Waals surface area (Å²) in [5, 5.41) is 8.49. The number of carboxylic acid groups (broad SMARTS) is 1. The van der Waals surface area contributed by atoms with Crippen molar-refractivity contribution in [1.29, 1.82) is 0 Å². The molecule has 15 heavy (non-hydrogen) atoms. The van der Waals surface area contributed by atoms with Gasteiger partial charge in [0.15, 0.2) is 0 Å². The first-order chi connectivity index (χ1) is 6.88. The molecule has 0 aliphatic carbocycles. The van der Waals surface area contributed by atoms with Gasteiger partial charge in [0.25, 0.3) is 0 Å². The number of amides is 1. The lowest BCUT2D eigenvalue weighted by Gasteiger charge is -2.23. The summed E-state index contributed by atoms with van der Waals surface area (Å²) in [7, 11) is 1.65. The van der Waals surface area contributed by atoms with Crippen LogP contribution in [-0.2, 0) is 9.59 Å². The summed E-state index contributed by atoms with van der Waals surface area (Å²) in [5.74, 6) is -0.957. The van der Waals surface area contributed by atoms with Crippen LogP contribution >= 0.6 is 0 Å². The predicted octanol–water partition coefficient (Wildman–Crippen LogP) is 0.293. The lowest BCUT2D eigenvalue weighted by atomic mass is 10.1.